The van der Waals surface area contributed by atoms with Crippen molar-refractivity contribution in [1.82, 2.24) is 5.32 Å². The van der Waals surface area contributed by atoms with Crippen LogP contribution in [0.15, 0.2) is 36.5 Å². The van der Waals surface area contributed by atoms with E-state index in [1.165, 1.54) is 289 Å². The number of nitrogens with one attached hydrogen (secondary N) is 1. The fourth-order valence-corrected chi connectivity index (χ4v) is 10.7. The second kappa shape index (κ2) is 65.6. The van der Waals surface area contributed by atoms with Crippen LogP contribution < -0.4 is 5.32 Å². The standard InChI is InChI=1S/C70H133NO5/c1-3-5-7-9-11-13-15-17-19-20-29-32-35-38-42-46-50-54-58-62-68(73)67(66-72)71-69(74)63-59-55-51-47-43-39-36-33-30-27-25-23-21-22-24-26-28-31-34-37-41-45-49-53-57-61-65-76-70(75)64-60-56-52-48-44-40-18-16-14-12-10-8-6-4-2/h10,12,16,18,21,23,67-68,72-73H,3-9,11,13-15,17,19-20,22,24-66H2,1-2H3,(H,71,74)/b12-10-,18-16-,23-21-. The number of hydrogen-bond donors (Lipinski definition) is 3. The number of unbranched alkanes of at least 4 members (excludes halogenated alkanes) is 47. The summed E-state index contributed by atoms with van der Waals surface area (Å²) in [5.74, 6) is -0.0336. The molecule has 0 rings (SSSR count). The Balaban J connectivity index is 3.40. The highest BCUT2D eigenvalue weighted by Crippen LogP contribution is 2.18. The number of amides is 1. The Labute approximate surface area is 474 Å². The van der Waals surface area contributed by atoms with Crippen molar-refractivity contribution in [3.8, 4) is 0 Å². The van der Waals surface area contributed by atoms with E-state index in [4.69, 9.17) is 4.74 Å². The maximum absolute atomic E-state index is 12.5. The molecule has 76 heavy (non-hydrogen) atoms. The maximum atomic E-state index is 12.5. The van der Waals surface area contributed by atoms with Crippen molar-refractivity contribution < 1.29 is 24.5 Å². The van der Waals surface area contributed by atoms with Crippen LogP contribution in [0.3, 0.4) is 0 Å². The summed E-state index contributed by atoms with van der Waals surface area (Å²) < 4.78 is 5.48. The van der Waals surface area contributed by atoms with Crippen LogP contribution in [0.4, 0.5) is 0 Å². The highest BCUT2D eigenvalue weighted by molar-refractivity contribution is 5.76. The minimum Gasteiger partial charge on any atom is -0.466 e. The summed E-state index contributed by atoms with van der Waals surface area (Å²) in [6.07, 6.45) is 83.2. The molecule has 0 radical (unpaired) electrons. The van der Waals surface area contributed by atoms with Crippen LogP contribution in [0.2, 0.25) is 0 Å². The quantitative estimate of drug-likeness (QED) is 0.0320. The summed E-state index contributed by atoms with van der Waals surface area (Å²) in [4.78, 5) is 24.6. The topological polar surface area (TPSA) is 95.9 Å². The van der Waals surface area contributed by atoms with E-state index in [9.17, 15) is 19.8 Å². The number of ether oxygens (including phenoxy) is 1. The van der Waals surface area contributed by atoms with Gasteiger partial charge in [-0.3, -0.25) is 9.59 Å². The van der Waals surface area contributed by atoms with Gasteiger partial charge in [0.15, 0.2) is 0 Å². The third-order valence-corrected chi connectivity index (χ3v) is 15.9. The normalized spacial score (nSPS) is 12.7. The smallest absolute Gasteiger partial charge is 0.305 e. The summed E-state index contributed by atoms with van der Waals surface area (Å²) >= 11 is 0. The van der Waals surface area contributed by atoms with Gasteiger partial charge in [-0.1, -0.05) is 320 Å². The van der Waals surface area contributed by atoms with Crippen molar-refractivity contribution in [2.45, 2.75) is 386 Å². The lowest BCUT2D eigenvalue weighted by atomic mass is 10.0. The van der Waals surface area contributed by atoms with Gasteiger partial charge in [0.05, 0.1) is 25.4 Å². The summed E-state index contributed by atoms with van der Waals surface area (Å²) in [5.41, 5.74) is 0. The van der Waals surface area contributed by atoms with Crippen molar-refractivity contribution in [3.63, 3.8) is 0 Å². The van der Waals surface area contributed by atoms with E-state index < -0.39 is 12.1 Å². The molecule has 2 atom stereocenters. The molecule has 2 unspecified atom stereocenters. The van der Waals surface area contributed by atoms with Gasteiger partial charge in [-0.2, -0.15) is 0 Å². The van der Waals surface area contributed by atoms with Crippen molar-refractivity contribution >= 4 is 11.9 Å². The van der Waals surface area contributed by atoms with E-state index in [0.717, 1.165) is 51.4 Å². The van der Waals surface area contributed by atoms with Crippen LogP contribution in [-0.2, 0) is 14.3 Å². The average molecular weight is 1070 g/mol. The highest BCUT2D eigenvalue weighted by Gasteiger charge is 2.20. The van der Waals surface area contributed by atoms with Crippen LogP contribution in [0.1, 0.15) is 373 Å². The Morgan fingerprint density at radius 2 is 0.671 bits per heavy atom. The molecule has 6 nitrogen and oxygen atoms in total. The van der Waals surface area contributed by atoms with Crippen LogP contribution in [0.25, 0.3) is 0 Å². The molecule has 0 heterocycles. The molecule has 0 aromatic rings. The van der Waals surface area contributed by atoms with E-state index in [1.54, 1.807) is 0 Å². The number of aliphatic hydroxyl groups excluding tert-OH is 2. The summed E-state index contributed by atoms with van der Waals surface area (Å²) in [6.45, 7) is 4.93. The first-order chi connectivity index (χ1) is 37.5. The SMILES string of the molecule is CCCC/C=C\C/C=C\CCCCCCCC(=O)OCCCCCCCCCCCCCC/C=C\CCCCCCCCCCCCC(=O)NC(CO)C(O)CCCCCCCCCCCCCCCCCCCCC. The fourth-order valence-electron chi connectivity index (χ4n) is 10.7. The summed E-state index contributed by atoms with van der Waals surface area (Å²) in [6, 6.07) is -0.544. The Morgan fingerprint density at radius 3 is 1.05 bits per heavy atom. The van der Waals surface area contributed by atoms with Gasteiger partial charge in [-0.15, -0.1) is 0 Å². The van der Waals surface area contributed by atoms with Crippen LogP contribution in [0, 0.1) is 0 Å². The van der Waals surface area contributed by atoms with Crippen LogP contribution in [-0.4, -0.2) is 47.4 Å². The molecule has 0 aliphatic heterocycles. The van der Waals surface area contributed by atoms with E-state index >= 15 is 0 Å². The van der Waals surface area contributed by atoms with Gasteiger partial charge in [-0.05, 0) is 77.0 Å². The third-order valence-electron chi connectivity index (χ3n) is 15.9. The van der Waals surface area contributed by atoms with Crippen molar-refractivity contribution in [2.24, 2.45) is 0 Å². The molecule has 0 aliphatic rings. The molecule has 0 aliphatic carbocycles. The number of carbonyl (C=O) groups excluding carboxylic acids is 2. The number of allylic oxidation sites excluding steroid dienone is 6. The van der Waals surface area contributed by atoms with Crippen LogP contribution in [0.5, 0.6) is 0 Å². The van der Waals surface area contributed by atoms with Gasteiger partial charge in [0, 0.05) is 12.8 Å². The highest BCUT2D eigenvalue weighted by atomic mass is 16.5. The molecule has 0 spiro atoms. The Morgan fingerprint density at radius 1 is 0.368 bits per heavy atom. The van der Waals surface area contributed by atoms with Gasteiger partial charge in [0.25, 0.3) is 0 Å². The minimum atomic E-state index is -0.666. The second-order valence-corrected chi connectivity index (χ2v) is 23.5. The first-order valence-electron chi connectivity index (χ1n) is 34.2. The molecule has 3 N–H and O–H groups in total. The average Bonchev–Trinajstić information content (AvgIpc) is 3.42. The van der Waals surface area contributed by atoms with Crippen molar-refractivity contribution in [2.75, 3.05) is 13.2 Å². The maximum Gasteiger partial charge on any atom is 0.305 e. The van der Waals surface area contributed by atoms with Gasteiger partial charge < -0.3 is 20.3 Å². The molecular weight excluding hydrogens is 935 g/mol. The number of esters is 1. The van der Waals surface area contributed by atoms with Crippen molar-refractivity contribution in [3.05, 3.63) is 36.5 Å². The zero-order chi connectivity index (χ0) is 55.0. The minimum absolute atomic E-state index is 0.0000231. The monoisotopic (exact) mass is 1070 g/mol. The molecule has 0 fully saturated rings. The lowest BCUT2D eigenvalue weighted by molar-refractivity contribution is -0.143. The third kappa shape index (κ3) is 61.3. The first-order valence-corrected chi connectivity index (χ1v) is 34.2. The molecule has 6 heteroatoms. The molecule has 0 saturated heterocycles. The van der Waals surface area contributed by atoms with Crippen LogP contribution >= 0.6 is 0 Å². The lowest BCUT2D eigenvalue weighted by Crippen LogP contribution is -2.45. The Bertz CT molecular complexity index is 1230. The molecule has 448 valence electrons. The van der Waals surface area contributed by atoms with Gasteiger partial charge >= 0.3 is 5.97 Å². The van der Waals surface area contributed by atoms with E-state index in [2.05, 4.69) is 55.6 Å². The molecule has 0 bridgehead atoms. The van der Waals surface area contributed by atoms with Gasteiger partial charge in [0.1, 0.15) is 0 Å². The van der Waals surface area contributed by atoms with Gasteiger partial charge in [0.2, 0.25) is 5.91 Å². The zero-order valence-electron chi connectivity index (χ0n) is 51.3. The number of aliphatic hydroxyl groups is 2. The fraction of sp³-hybridized carbons (Fsp3) is 0.886. The number of rotatable bonds is 64. The first kappa shape index (κ1) is 74.1. The summed E-state index contributed by atoms with van der Waals surface area (Å²) in [5, 5.41) is 23.4. The second-order valence-electron chi connectivity index (χ2n) is 23.5. The van der Waals surface area contributed by atoms with E-state index in [-0.39, 0.29) is 18.5 Å². The Kier molecular flexibility index (Phi) is 63.9. The lowest BCUT2D eigenvalue weighted by Gasteiger charge is -2.22. The Hall–Kier alpha value is -1.92. The molecule has 0 aromatic carbocycles. The van der Waals surface area contributed by atoms with E-state index in [1.807, 2.05) is 0 Å². The zero-order valence-corrected chi connectivity index (χ0v) is 51.3. The molecule has 0 saturated carbocycles. The number of hydrogen-bond acceptors (Lipinski definition) is 5. The van der Waals surface area contributed by atoms with E-state index in [0.29, 0.717) is 25.9 Å². The van der Waals surface area contributed by atoms with Crippen molar-refractivity contribution in [1.29, 1.82) is 0 Å². The molecule has 0 aromatic heterocycles. The predicted octanol–water partition coefficient (Wildman–Crippen LogP) is 21.9. The largest absolute Gasteiger partial charge is 0.466 e. The van der Waals surface area contributed by atoms with Gasteiger partial charge in [-0.25, -0.2) is 0 Å². The summed E-state index contributed by atoms with van der Waals surface area (Å²) in [7, 11) is 0. The predicted molar refractivity (Wildman–Crippen MR) is 333 cm³/mol. The molecule has 1 amide bonds. The molecular formula is C70H133NO5. The number of carbonyl (C=O) groups is 2.